The average Bonchev–Trinajstić information content (AvgIpc) is 1.64. The lowest BCUT2D eigenvalue weighted by Gasteiger charge is -1.97. The van der Waals surface area contributed by atoms with Crippen LogP contribution in [0.25, 0.3) is 0 Å². The number of allylic oxidation sites excluding steroid dienone is 2. The fourth-order valence-corrected chi connectivity index (χ4v) is 0.492. The summed E-state index contributed by atoms with van der Waals surface area (Å²) in [6, 6.07) is 0. The minimum Gasteiger partial charge on any atom is -0.332 e. The molecule has 0 unspecified atom stereocenters. The first-order valence-corrected chi connectivity index (χ1v) is 2.34. The average molecular weight is 111 g/mol. The number of hydrogen-bond acceptors (Lipinski definition) is 1. The molecule has 0 spiro atoms. The molecule has 1 nitrogen and oxygen atoms in total. The molecule has 0 saturated heterocycles. The zero-order valence-corrected chi connectivity index (χ0v) is 4.53. The third-order valence-electron chi connectivity index (χ3n) is 0.853. The Morgan fingerprint density at radius 1 is 1.75 bits per heavy atom. The van der Waals surface area contributed by atoms with Crippen molar-refractivity contribution in [3.05, 3.63) is 29.5 Å². The van der Waals surface area contributed by atoms with Crippen LogP contribution < -0.4 is 5.32 Å². The Hall–Kier alpha value is -1.01. The minimum absolute atomic E-state index is 0.318. The Kier molecular flexibility index (Phi) is 1.18. The van der Waals surface area contributed by atoms with Crippen molar-refractivity contribution in [2.45, 2.75) is 6.92 Å². The van der Waals surface area contributed by atoms with Gasteiger partial charge in [0.15, 0.2) is 5.95 Å². The first-order valence-electron chi connectivity index (χ1n) is 2.34. The van der Waals surface area contributed by atoms with Gasteiger partial charge in [-0.15, -0.1) is 0 Å². The molecule has 0 aliphatic carbocycles. The molecule has 0 atom stereocenters. The predicted octanol–water partition coefficient (Wildman–Crippen LogP) is 1.46. The summed E-state index contributed by atoms with van der Waals surface area (Å²) in [5, 5.41) is 2.35. The Bertz CT molecular complexity index is 185. The van der Waals surface area contributed by atoms with E-state index < -0.39 is 0 Å². The van der Waals surface area contributed by atoms with Gasteiger partial charge < -0.3 is 5.32 Å². The van der Waals surface area contributed by atoms with E-state index in [4.69, 9.17) is 0 Å². The first-order chi connectivity index (χ1) is 3.79. The summed E-state index contributed by atoms with van der Waals surface area (Å²) in [6.07, 6.45) is 2.84. The normalized spacial score (nSPS) is 16.8. The number of hydrogen-bond donors (Lipinski definition) is 1. The summed E-state index contributed by atoms with van der Waals surface area (Å²) in [5.74, 6) is -0.318. The fraction of sp³-hybridized carbons (Fsp3) is 0.167. The van der Waals surface area contributed by atoms with E-state index in [0.717, 1.165) is 5.57 Å². The highest BCUT2D eigenvalue weighted by Gasteiger charge is 1.92. The predicted molar refractivity (Wildman–Crippen MR) is 29.6 cm³/mol. The Morgan fingerprint density at radius 3 is 2.88 bits per heavy atom. The molecular formula is C6H6FN. The second kappa shape index (κ2) is 1.85. The van der Waals surface area contributed by atoms with Crippen LogP contribution in [0.2, 0.25) is 0 Å². The van der Waals surface area contributed by atoms with Crippen molar-refractivity contribution in [2.75, 3.05) is 0 Å². The zero-order valence-electron chi connectivity index (χ0n) is 4.53. The number of rotatable bonds is 0. The summed E-state index contributed by atoms with van der Waals surface area (Å²) in [6.45, 7) is 1.79. The van der Waals surface area contributed by atoms with Gasteiger partial charge in [-0.05, 0) is 12.5 Å². The summed E-state index contributed by atoms with van der Waals surface area (Å²) in [4.78, 5) is 0. The van der Waals surface area contributed by atoms with Crippen LogP contribution in [0.5, 0.6) is 0 Å². The lowest BCUT2D eigenvalue weighted by Crippen LogP contribution is -2.01. The highest BCUT2D eigenvalue weighted by atomic mass is 19.1. The fourth-order valence-electron chi connectivity index (χ4n) is 0.492. The van der Waals surface area contributed by atoms with Crippen molar-refractivity contribution >= 4 is 0 Å². The number of nitrogens with one attached hydrogen (secondary N) is 1. The van der Waals surface area contributed by atoms with Crippen molar-refractivity contribution in [3.8, 4) is 0 Å². The molecule has 0 saturated carbocycles. The Morgan fingerprint density at radius 2 is 2.50 bits per heavy atom. The van der Waals surface area contributed by atoms with Crippen molar-refractivity contribution in [1.82, 2.24) is 5.32 Å². The van der Waals surface area contributed by atoms with E-state index in [9.17, 15) is 4.39 Å². The molecule has 0 aromatic carbocycles. The molecule has 1 N–H and O–H groups in total. The van der Waals surface area contributed by atoms with Crippen LogP contribution in [0.1, 0.15) is 6.92 Å². The molecule has 1 heterocycles. The maximum Gasteiger partial charge on any atom is 0.192 e. The topological polar surface area (TPSA) is 12.0 Å². The maximum absolute atomic E-state index is 12.1. The van der Waals surface area contributed by atoms with Crippen LogP contribution in [-0.2, 0) is 0 Å². The van der Waals surface area contributed by atoms with E-state index in [1.165, 1.54) is 12.3 Å². The molecule has 0 bridgehead atoms. The molecule has 42 valence electrons. The summed E-state index contributed by atoms with van der Waals surface area (Å²) >= 11 is 0. The van der Waals surface area contributed by atoms with Crippen molar-refractivity contribution in [1.29, 1.82) is 0 Å². The minimum atomic E-state index is -0.318. The van der Waals surface area contributed by atoms with Crippen LogP contribution in [-0.4, -0.2) is 0 Å². The molecule has 8 heavy (non-hydrogen) atoms. The smallest absolute Gasteiger partial charge is 0.192 e. The largest absolute Gasteiger partial charge is 0.332 e. The quantitative estimate of drug-likeness (QED) is 0.368. The highest BCUT2D eigenvalue weighted by Crippen LogP contribution is 2.01. The SMILES string of the molecule is CC1=C=CNC(F)=C1. The molecule has 0 amide bonds. The number of halogens is 1. The summed E-state index contributed by atoms with van der Waals surface area (Å²) < 4.78 is 12.1. The highest BCUT2D eigenvalue weighted by molar-refractivity contribution is 5.21. The van der Waals surface area contributed by atoms with Gasteiger partial charge >= 0.3 is 0 Å². The Balaban J connectivity index is 2.90. The van der Waals surface area contributed by atoms with Gasteiger partial charge in [-0.3, -0.25) is 0 Å². The molecule has 0 fully saturated rings. The second-order valence-corrected chi connectivity index (χ2v) is 1.61. The molecule has 1 aliphatic rings. The van der Waals surface area contributed by atoms with Gasteiger partial charge in [0.25, 0.3) is 0 Å². The van der Waals surface area contributed by atoms with Crippen LogP contribution in [0, 0.1) is 0 Å². The van der Waals surface area contributed by atoms with E-state index in [1.54, 1.807) is 6.92 Å². The monoisotopic (exact) mass is 111 g/mol. The van der Waals surface area contributed by atoms with Crippen LogP contribution in [0.4, 0.5) is 4.39 Å². The molecule has 0 aromatic rings. The van der Waals surface area contributed by atoms with Crippen LogP contribution in [0.15, 0.2) is 29.5 Å². The third kappa shape index (κ3) is 0.983. The van der Waals surface area contributed by atoms with Crippen LogP contribution >= 0.6 is 0 Å². The molecule has 0 radical (unpaired) electrons. The van der Waals surface area contributed by atoms with Gasteiger partial charge in [-0.2, -0.15) is 4.39 Å². The van der Waals surface area contributed by atoms with Gasteiger partial charge in [-0.1, -0.05) is 5.73 Å². The maximum atomic E-state index is 12.1. The Labute approximate surface area is 47.2 Å². The van der Waals surface area contributed by atoms with Crippen molar-refractivity contribution in [3.63, 3.8) is 0 Å². The molecule has 1 aliphatic heterocycles. The van der Waals surface area contributed by atoms with E-state index >= 15 is 0 Å². The van der Waals surface area contributed by atoms with E-state index in [1.807, 2.05) is 0 Å². The van der Waals surface area contributed by atoms with Gasteiger partial charge in [0.1, 0.15) is 0 Å². The lowest BCUT2D eigenvalue weighted by molar-refractivity contribution is 0.583. The van der Waals surface area contributed by atoms with Gasteiger partial charge in [0.2, 0.25) is 0 Å². The zero-order chi connectivity index (χ0) is 5.98. The van der Waals surface area contributed by atoms with E-state index in [2.05, 4.69) is 11.0 Å². The molecule has 0 aromatic heterocycles. The molecule has 1 rings (SSSR count). The first kappa shape index (κ1) is 5.13. The summed E-state index contributed by atoms with van der Waals surface area (Å²) in [5.41, 5.74) is 3.58. The van der Waals surface area contributed by atoms with Crippen molar-refractivity contribution < 1.29 is 4.39 Å². The van der Waals surface area contributed by atoms with Crippen LogP contribution in [0.3, 0.4) is 0 Å². The van der Waals surface area contributed by atoms with Crippen molar-refractivity contribution in [2.24, 2.45) is 0 Å². The van der Waals surface area contributed by atoms with Gasteiger partial charge in [0, 0.05) is 12.3 Å². The third-order valence-corrected chi connectivity index (χ3v) is 0.853. The van der Waals surface area contributed by atoms with Gasteiger partial charge in [0.05, 0.1) is 0 Å². The van der Waals surface area contributed by atoms with E-state index in [-0.39, 0.29) is 5.95 Å². The van der Waals surface area contributed by atoms with E-state index in [0.29, 0.717) is 0 Å². The second-order valence-electron chi connectivity index (χ2n) is 1.61. The lowest BCUT2D eigenvalue weighted by atomic mass is 10.3. The summed E-state index contributed by atoms with van der Waals surface area (Å²) in [7, 11) is 0. The molecule has 2 heteroatoms. The standard InChI is InChI=1S/C6H6FN/c1-5-2-3-8-6(7)4-5/h3-4,8H,1H3. The van der Waals surface area contributed by atoms with Gasteiger partial charge in [-0.25, -0.2) is 0 Å². The molecular weight excluding hydrogens is 105 g/mol.